The van der Waals surface area contributed by atoms with E-state index in [0.717, 1.165) is 5.56 Å². The fourth-order valence-corrected chi connectivity index (χ4v) is 2.13. The van der Waals surface area contributed by atoms with E-state index in [4.69, 9.17) is 9.26 Å². The molecule has 22 heavy (non-hydrogen) atoms. The molecular weight excluding hydrogens is 284 g/mol. The van der Waals surface area contributed by atoms with Crippen LogP contribution >= 0.6 is 0 Å². The second-order valence-electron chi connectivity index (χ2n) is 5.31. The number of aromatic nitrogens is 1. The van der Waals surface area contributed by atoms with Crippen LogP contribution in [-0.4, -0.2) is 29.3 Å². The van der Waals surface area contributed by atoms with Crippen molar-refractivity contribution < 1.29 is 19.2 Å². The van der Waals surface area contributed by atoms with Crippen LogP contribution in [0.25, 0.3) is 11.3 Å². The number of nitrogens with one attached hydrogen (secondary N) is 1. The van der Waals surface area contributed by atoms with Gasteiger partial charge in [-0.1, -0.05) is 5.16 Å². The fourth-order valence-electron chi connectivity index (χ4n) is 2.13. The molecule has 0 saturated heterocycles. The molecule has 2 N–H and O–H groups in total. The average molecular weight is 304 g/mol. The van der Waals surface area contributed by atoms with Crippen molar-refractivity contribution in [3.63, 3.8) is 0 Å². The molecule has 6 heteroatoms. The van der Waals surface area contributed by atoms with Crippen LogP contribution in [0, 0.1) is 0 Å². The maximum absolute atomic E-state index is 12.1. The van der Waals surface area contributed by atoms with E-state index in [1.54, 1.807) is 38.3 Å². The van der Waals surface area contributed by atoms with Crippen LogP contribution in [0.15, 0.2) is 28.8 Å². The van der Waals surface area contributed by atoms with Crippen LogP contribution in [-0.2, 0) is 0 Å². The van der Waals surface area contributed by atoms with Gasteiger partial charge in [-0.15, -0.1) is 0 Å². The standard InChI is InChI=1S/C16H20N2O4/c1-9(2)17-16(20)15-13(10(3)19)14(18-22-15)11-5-7-12(21-4)8-6-11/h5-10,19H,1-4H3,(H,17,20)/t10-/m0/s1. The zero-order valence-electron chi connectivity index (χ0n) is 13.1. The first-order valence-corrected chi connectivity index (χ1v) is 7.07. The topological polar surface area (TPSA) is 84.6 Å². The molecule has 0 bridgehead atoms. The number of rotatable bonds is 5. The molecule has 1 aromatic carbocycles. The summed E-state index contributed by atoms with van der Waals surface area (Å²) in [6.45, 7) is 5.27. The summed E-state index contributed by atoms with van der Waals surface area (Å²) in [6, 6.07) is 7.12. The number of benzene rings is 1. The number of aliphatic hydroxyl groups excluding tert-OH is 1. The molecule has 2 rings (SSSR count). The Morgan fingerprint density at radius 2 is 1.91 bits per heavy atom. The summed E-state index contributed by atoms with van der Waals surface area (Å²) in [5.74, 6) is 0.358. The number of hydrogen-bond donors (Lipinski definition) is 2. The summed E-state index contributed by atoms with van der Waals surface area (Å²) < 4.78 is 10.3. The highest BCUT2D eigenvalue weighted by Gasteiger charge is 2.26. The highest BCUT2D eigenvalue weighted by molar-refractivity contribution is 5.94. The van der Waals surface area contributed by atoms with Crippen LogP contribution in [0.5, 0.6) is 5.75 Å². The van der Waals surface area contributed by atoms with Crippen LogP contribution in [0.4, 0.5) is 0 Å². The highest BCUT2D eigenvalue weighted by atomic mass is 16.5. The predicted molar refractivity (Wildman–Crippen MR) is 81.7 cm³/mol. The maximum atomic E-state index is 12.1. The van der Waals surface area contributed by atoms with Gasteiger partial charge in [0.2, 0.25) is 5.76 Å². The van der Waals surface area contributed by atoms with Crippen molar-refractivity contribution in [2.24, 2.45) is 0 Å². The first-order chi connectivity index (χ1) is 10.4. The lowest BCUT2D eigenvalue weighted by atomic mass is 10.0. The lowest BCUT2D eigenvalue weighted by Crippen LogP contribution is -2.30. The quantitative estimate of drug-likeness (QED) is 0.886. The molecule has 0 saturated carbocycles. The van der Waals surface area contributed by atoms with E-state index in [1.807, 2.05) is 13.8 Å². The summed E-state index contributed by atoms with van der Waals surface area (Å²) >= 11 is 0. The summed E-state index contributed by atoms with van der Waals surface area (Å²) in [6.07, 6.45) is -0.878. The van der Waals surface area contributed by atoms with Gasteiger partial charge in [0.05, 0.1) is 18.8 Å². The largest absolute Gasteiger partial charge is 0.497 e. The van der Waals surface area contributed by atoms with E-state index in [9.17, 15) is 9.90 Å². The first-order valence-electron chi connectivity index (χ1n) is 7.07. The first kappa shape index (κ1) is 16.0. The third-order valence-electron chi connectivity index (χ3n) is 3.14. The molecule has 0 aliphatic carbocycles. The van der Waals surface area contributed by atoms with E-state index in [1.165, 1.54) is 0 Å². The number of carbonyl (C=O) groups excluding carboxylic acids is 1. The molecule has 2 aromatic rings. The molecule has 118 valence electrons. The smallest absolute Gasteiger partial charge is 0.290 e. The zero-order valence-corrected chi connectivity index (χ0v) is 13.1. The molecule has 0 aliphatic rings. The third-order valence-corrected chi connectivity index (χ3v) is 3.14. The van der Waals surface area contributed by atoms with E-state index in [-0.39, 0.29) is 11.8 Å². The molecule has 1 amide bonds. The summed E-state index contributed by atoms with van der Waals surface area (Å²) in [4.78, 5) is 12.1. The van der Waals surface area contributed by atoms with Gasteiger partial charge in [-0.3, -0.25) is 4.79 Å². The summed E-state index contributed by atoms with van der Waals surface area (Å²) in [5, 5.41) is 16.7. The summed E-state index contributed by atoms with van der Waals surface area (Å²) in [7, 11) is 1.58. The van der Waals surface area contributed by atoms with Crippen molar-refractivity contribution in [1.29, 1.82) is 0 Å². The Labute approximate surface area is 129 Å². The Balaban J connectivity index is 2.43. The van der Waals surface area contributed by atoms with Crippen LogP contribution < -0.4 is 10.1 Å². The number of carbonyl (C=O) groups is 1. The molecular formula is C16H20N2O4. The molecule has 0 aliphatic heterocycles. The van der Waals surface area contributed by atoms with Gasteiger partial charge in [0, 0.05) is 11.6 Å². The Bertz CT molecular complexity index is 645. The van der Waals surface area contributed by atoms with Crippen molar-refractivity contribution in [3.8, 4) is 17.0 Å². The normalized spacial score (nSPS) is 12.3. The second kappa shape index (κ2) is 6.62. The van der Waals surface area contributed by atoms with Crippen molar-refractivity contribution in [2.75, 3.05) is 7.11 Å². The monoisotopic (exact) mass is 304 g/mol. The van der Waals surface area contributed by atoms with Crippen LogP contribution in [0.2, 0.25) is 0 Å². The fraction of sp³-hybridized carbons (Fsp3) is 0.375. The Hall–Kier alpha value is -2.34. The average Bonchev–Trinajstić information content (AvgIpc) is 2.91. The van der Waals surface area contributed by atoms with Gasteiger partial charge in [0.25, 0.3) is 5.91 Å². The number of hydrogen-bond acceptors (Lipinski definition) is 5. The third kappa shape index (κ3) is 3.28. The predicted octanol–water partition coefficient (Wildman–Crippen LogP) is 2.54. The van der Waals surface area contributed by atoms with E-state index < -0.39 is 12.0 Å². The van der Waals surface area contributed by atoms with E-state index in [2.05, 4.69) is 10.5 Å². The van der Waals surface area contributed by atoms with Gasteiger partial charge in [-0.25, -0.2) is 0 Å². The molecule has 1 aromatic heterocycles. The molecule has 0 spiro atoms. The zero-order chi connectivity index (χ0) is 16.3. The number of nitrogens with zero attached hydrogens (tertiary/aromatic N) is 1. The molecule has 0 unspecified atom stereocenters. The maximum Gasteiger partial charge on any atom is 0.290 e. The van der Waals surface area contributed by atoms with Crippen molar-refractivity contribution in [2.45, 2.75) is 32.9 Å². The molecule has 1 atom stereocenters. The number of ether oxygens (including phenoxy) is 1. The highest BCUT2D eigenvalue weighted by Crippen LogP contribution is 2.31. The minimum Gasteiger partial charge on any atom is -0.497 e. The number of amides is 1. The molecule has 6 nitrogen and oxygen atoms in total. The number of methoxy groups -OCH3 is 1. The SMILES string of the molecule is COc1ccc(-c2noc(C(=O)NC(C)C)c2[C@H](C)O)cc1. The van der Waals surface area contributed by atoms with Gasteiger partial charge < -0.3 is 19.7 Å². The molecule has 0 radical (unpaired) electrons. The second-order valence-corrected chi connectivity index (χ2v) is 5.31. The Morgan fingerprint density at radius 3 is 2.41 bits per heavy atom. The van der Waals surface area contributed by atoms with Crippen molar-refractivity contribution >= 4 is 5.91 Å². The van der Waals surface area contributed by atoms with E-state index in [0.29, 0.717) is 17.0 Å². The minimum atomic E-state index is -0.878. The Kier molecular flexibility index (Phi) is 4.82. The lowest BCUT2D eigenvalue weighted by molar-refractivity contribution is 0.0897. The van der Waals surface area contributed by atoms with Crippen molar-refractivity contribution in [1.82, 2.24) is 10.5 Å². The van der Waals surface area contributed by atoms with Crippen molar-refractivity contribution in [3.05, 3.63) is 35.6 Å². The van der Waals surface area contributed by atoms with E-state index >= 15 is 0 Å². The summed E-state index contributed by atoms with van der Waals surface area (Å²) in [5.41, 5.74) is 1.57. The molecule has 1 heterocycles. The van der Waals surface area contributed by atoms with Crippen LogP contribution in [0.3, 0.4) is 0 Å². The van der Waals surface area contributed by atoms with Gasteiger partial charge in [-0.05, 0) is 45.0 Å². The Morgan fingerprint density at radius 1 is 1.27 bits per heavy atom. The van der Waals surface area contributed by atoms with Crippen LogP contribution in [0.1, 0.15) is 43.0 Å². The van der Waals surface area contributed by atoms with Gasteiger partial charge >= 0.3 is 0 Å². The molecule has 0 fully saturated rings. The van der Waals surface area contributed by atoms with Gasteiger partial charge in [0.1, 0.15) is 11.4 Å². The van der Waals surface area contributed by atoms with Gasteiger partial charge in [0.15, 0.2) is 0 Å². The minimum absolute atomic E-state index is 0.0366. The lowest BCUT2D eigenvalue weighted by Gasteiger charge is -2.09. The van der Waals surface area contributed by atoms with Gasteiger partial charge in [-0.2, -0.15) is 0 Å². The number of aliphatic hydroxyl groups is 1.